The van der Waals surface area contributed by atoms with Crippen LogP contribution in [0.1, 0.15) is 54.3 Å². The van der Waals surface area contributed by atoms with Crippen molar-refractivity contribution in [3.05, 3.63) is 234 Å². The van der Waals surface area contributed by atoms with Crippen molar-refractivity contribution in [2.45, 2.75) is 49.6 Å². The van der Waals surface area contributed by atoms with Gasteiger partial charge in [0.15, 0.2) is 5.82 Å². The Bertz CT molecular complexity index is 3090. The highest BCUT2D eigenvalue weighted by molar-refractivity contribution is 6.10. The molecule has 62 heavy (non-hydrogen) atoms. The molecule has 12 rings (SSSR count). The molecular weight excluding hydrogens is 753 g/mol. The molecule has 0 saturated heterocycles. The van der Waals surface area contributed by atoms with Gasteiger partial charge in [0, 0.05) is 45.1 Å². The summed E-state index contributed by atoms with van der Waals surface area (Å²) in [5.41, 5.74) is 15.7. The summed E-state index contributed by atoms with van der Waals surface area (Å²) in [6.45, 7) is 0. The summed E-state index contributed by atoms with van der Waals surface area (Å²) < 4.78 is 2.47. The molecule has 2 aromatic heterocycles. The van der Waals surface area contributed by atoms with E-state index in [0.29, 0.717) is 11.8 Å². The maximum atomic E-state index is 5.13. The maximum absolute atomic E-state index is 5.13. The molecule has 4 unspecified atom stereocenters. The zero-order valence-electron chi connectivity index (χ0n) is 34.6. The van der Waals surface area contributed by atoms with Crippen molar-refractivity contribution >= 4 is 38.8 Å². The average molecular weight is 799 g/mol. The molecule has 0 radical (unpaired) electrons. The van der Waals surface area contributed by atoms with E-state index in [-0.39, 0.29) is 12.1 Å². The molecule has 4 heteroatoms. The van der Waals surface area contributed by atoms with E-state index < -0.39 is 0 Å². The Hall–Kier alpha value is -7.30. The summed E-state index contributed by atoms with van der Waals surface area (Å²) in [5.74, 6) is 1.38. The Balaban J connectivity index is 0.821. The second kappa shape index (κ2) is 15.3. The van der Waals surface area contributed by atoms with Crippen molar-refractivity contribution < 1.29 is 0 Å². The summed E-state index contributed by atoms with van der Waals surface area (Å²) in [4.78, 5) is 12.8. The lowest BCUT2D eigenvalue weighted by Crippen LogP contribution is -2.41. The Morgan fingerprint density at radius 3 is 2.08 bits per heavy atom. The summed E-state index contributed by atoms with van der Waals surface area (Å²) >= 11 is 0. The quantitative estimate of drug-likeness (QED) is 0.161. The standard InChI is InChI=1S/C58H46N4/c1-4-14-41(15-5-1)52-38-53(60-58(59-52)43-16-6-2-7-17-43)42-28-32-47(33-29-42)62-55-23-13-11-21-49(55)51-35-31-45(37-57(51)62)40-26-24-39(25-27-40)44-30-34-50-48-20-10-12-22-54(48)61(56(50)36-44)46-18-8-3-9-19-46/h1-2,4-8,10-24,26-32,34-39,47,51,57H,3,9,25,33H2. The van der Waals surface area contributed by atoms with Crippen LogP contribution in [0.5, 0.6) is 0 Å². The lowest BCUT2D eigenvalue weighted by Gasteiger charge is -2.36. The predicted molar refractivity (Wildman–Crippen MR) is 258 cm³/mol. The number of hydrogen-bond acceptors (Lipinski definition) is 3. The maximum Gasteiger partial charge on any atom is 0.160 e. The monoisotopic (exact) mass is 798 g/mol. The van der Waals surface area contributed by atoms with E-state index >= 15 is 0 Å². The molecule has 5 aliphatic rings. The van der Waals surface area contributed by atoms with Gasteiger partial charge < -0.3 is 9.47 Å². The Morgan fingerprint density at radius 1 is 0.532 bits per heavy atom. The molecular formula is C58H46N4. The second-order valence-electron chi connectivity index (χ2n) is 17.1. The number of rotatable bonds is 7. The summed E-state index contributed by atoms with van der Waals surface area (Å²) in [6, 6.07) is 48.3. The highest BCUT2D eigenvalue weighted by Gasteiger charge is 2.40. The normalized spacial score (nSPS) is 21.4. The van der Waals surface area contributed by atoms with E-state index in [1.54, 1.807) is 0 Å². The predicted octanol–water partition coefficient (Wildman–Crippen LogP) is 14.0. The van der Waals surface area contributed by atoms with Crippen LogP contribution in [0.15, 0.2) is 218 Å². The molecule has 7 aromatic rings. The van der Waals surface area contributed by atoms with Gasteiger partial charge in [-0.05, 0) is 83.9 Å². The number of fused-ring (bicyclic) bond motifs is 6. The molecule has 0 spiro atoms. The zero-order valence-corrected chi connectivity index (χ0v) is 34.6. The first-order valence-electron chi connectivity index (χ1n) is 22.2. The molecule has 0 fully saturated rings. The highest BCUT2D eigenvalue weighted by Crippen LogP contribution is 2.48. The van der Waals surface area contributed by atoms with Crippen LogP contribution in [0.3, 0.4) is 0 Å². The van der Waals surface area contributed by atoms with Crippen LogP contribution in [-0.4, -0.2) is 26.6 Å². The van der Waals surface area contributed by atoms with Gasteiger partial charge in [-0.3, -0.25) is 0 Å². The first-order valence-corrected chi connectivity index (χ1v) is 22.2. The minimum atomic E-state index is 0.216. The fraction of sp³-hybridized carbons (Fsp3) is 0.138. The molecule has 4 nitrogen and oxygen atoms in total. The molecule has 0 bridgehead atoms. The number of hydrogen-bond donors (Lipinski definition) is 0. The van der Waals surface area contributed by atoms with Gasteiger partial charge in [0.05, 0.1) is 34.5 Å². The Labute approximate surface area is 363 Å². The van der Waals surface area contributed by atoms with Crippen molar-refractivity contribution in [1.29, 1.82) is 0 Å². The van der Waals surface area contributed by atoms with Gasteiger partial charge in [-0.2, -0.15) is 0 Å². The van der Waals surface area contributed by atoms with E-state index in [2.05, 4.69) is 192 Å². The molecule has 0 saturated carbocycles. The molecule has 1 aliphatic heterocycles. The molecule has 5 aromatic carbocycles. The summed E-state index contributed by atoms with van der Waals surface area (Å²) in [5, 5.41) is 2.63. The van der Waals surface area contributed by atoms with Gasteiger partial charge in [-0.1, -0.05) is 176 Å². The van der Waals surface area contributed by atoms with Crippen LogP contribution in [0.25, 0.3) is 55.7 Å². The largest absolute Gasteiger partial charge is 0.357 e. The first kappa shape index (κ1) is 36.5. The van der Waals surface area contributed by atoms with E-state index in [1.807, 2.05) is 24.3 Å². The number of allylic oxidation sites excluding steroid dienone is 12. The van der Waals surface area contributed by atoms with Crippen LogP contribution in [-0.2, 0) is 0 Å². The third-order valence-corrected chi connectivity index (χ3v) is 13.4. The lowest BCUT2D eigenvalue weighted by atomic mass is 9.83. The number of aromatic nitrogens is 3. The molecule has 0 amide bonds. The molecule has 4 aliphatic carbocycles. The SMILES string of the molecule is C1=CC(n2c3ccccc3c3ccc(C4C=CC(C5=CC6C(C=C5)c5ccccc5N6C5C=CC(c6cc(-c7ccccc7)nc(-c7ccccc7)n6)=CC5)=CC4)cc32)=CCC1. The summed E-state index contributed by atoms with van der Waals surface area (Å²) in [6.07, 6.45) is 32.7. The lowest BCUT2D eigenvalue weighted by molar-refractivity contribution is 0.612. The molecule has 4 atom stereocenters. The topological polar surface area (TPSA) is 34.0 Å². The highest BCUT2D eigenvalue weighted by atomic mass is 15.2. The Kier molecular flexibility index (Phi) is 9.02. The van der Waals surface area contributed by atoms with Gasteiger partial charge in [-0.25, -0.2) is 9.97 Å². The van der Waals surface area contributed by atoms with Crippen molar-refractivity contribution in [3.63, 3.8) is 0 Å². The Morgan fingerprint density at radius 2 is 1.27 bits per heavy atom. The van der Waals surface area contributed by atoms with Gasteiger partial charge in [0.25, 0.3) is 0 Å². The minimum absolute atomic E-state index is 0.216. The number of benzene rings is 5. The summed E-state index contributed by atoms with van der Waals surface area (Å²) in [7, 11) is 0. The minimum Gasteiger partial charge on any atom is -0.357 e. The van der Waals surface area contributed by atoms with E-state index in [9.17, 15) is 0 Å². The van der Waals surface area contributed by atoms with Crippen LogP contribution in [0.2, 0.25) is 0 Å². The number of nitrogens with zero attached hydrogens (tertiary/aromatic N) is 4. The fourth-order valence-electron chi connectivity index (χ4n) is 10.4. The van der Waals surface area contributed by atoms with Crippen molar-refractivity contribution in [2.24, 2.45) is 0 Å². The molecule has 0 N–H and O–H groups in total. The van der Waals surface area contributed by atoms with Gasteiger partial charge in [0.1, 0.15) is 0 Å². The number of para-hydroxylation sites is 2. The van der Waals surface area contributed by atoms with Crippen LogP contribution >= 0.6 is 0 Å². The van der Waals surface area contributed by atoms with E-state index in [4.69, 9.17) is 9.97 Å². The van der Waals surface area contributed by atoms with Crippen LogP contribution < -0.4 is 4.90 Å². The smallest absolute Gasteiger partial charge is 0.160 e. The van der Waals surface area contributed by atoms with Gasteiger partial charge in [-0.15, -0.1) is 0 Å². The zero-order chi connectivity index (χ0) is 41.0. The molecule has 298 valence electrons. The van der Waals surface area contributed by atoms with E-state index in [1.165, 1.54) is 55.5 Å². The van der Waals surface area contributed by atoms with Gasteiger partial charge >= 0.3 is 0 Å². The van der Waals surface area contributed by atoms with Crippen molar-refractivity contribution in [1.82, 2.24) is 14.5 Å². The van der Waals surface area contributed by atoms with Gasteiger partial charge in [0.2, 0.25) is 0 Å². The van der Waals surface area contributed by atoms with Crippen molar-refractivity contribution in [3.8, 4) is 22.6 Å². The second-order valence-corrected chi connectivity index (χ2v) is 17.1. The van der Waals surface area contributed by atoms with Crippen molar-refractivity contribution in [2.75, 3.05) is 4.90 Å². The molecule has 3 heterocycles. The van der Waals surface area contributed by atoms with Crippen LogP contribution in [0, 0.1) is 0 Å². The third kappa shape index (κ3) is 6.37. The third-order valence-electron chi connectivity index (χ3n) is 13.4. The number of anilines is 1. The fourth-order valence-corrected chi connectivity index (χ4v) is 10.4. The first-order chi connectivity index (χ1) is 30.7. The average Bonchev–Trinajstić information content (AvgIpc) is 3.87. The van der Waals surface area contributed by atoms with E-state index in [0.717, 1.165) is 59.6 Å². The van der Waals surface area contributed by atoms with Crippen LogP contribution in [0.4, 0.5) is 5.69 Å².